The number of thiophene rings is 1. The first-order valence-electron chi connectivity index (χ1n) is 8.35. The molecule has 0 aliphatic carbocycles. The van der Waals surface area contributed by atoms with E-state index in [2.05, 4.69) is 20.5 Å². The zero-order valence-corrected chi connectivity index (χ0v) is 16.4. The predicted molar refractivity (Wildman–Crippen MR) is 107 cm³/mol. The van der Waals surface area contributed by atoms with E-state index in [9.17, 15) is 9.59 Å². The Morgan fingerprint density at radius 3 is 2.89 bits per heavy atom. The fourth-order valence-corrected chi connectivity index (χ4v) is 3.68. The van der Waals surface area contributed by atoms with Gasteiger partial charge in [-0.2, -0.15) is 5.10 Å². The van der Waals surface area contributed by atoms with Crippen molar-refractivity contribution in [2.45, 2.75) is 27.2 Å². The van der Waals surface area contributed by atoms with Gasteiger partial charge in [-0.25, -0.2) is 10.4 Å². The van der Waals surface area contributed by atoms with E-state index < -0.39 is 0 Å². The number of nitrogens with zero attached hydrogens (tertiary/aromatic N) is 2. The van der Waals surface area contributed by atoms with Gasteiger partial charge in [-0.3, -0.25) is 9.59 Å². The molecule has 0 bridgehead atoms. The van der Waals surface area contributed by atoms with E-state index in [1.165, 1.54) is 11.3 Å². The fourth-order valence-electron chi connectivity index (χ4n) is 2.63. The highest BCUT2D eigenvalue weighted by molar-refractivity contribution is 7.18. The Kier molecular flexibility index (Phi) is 5.36. The van der Waals surface area contributed by atoms with Crippen LogP contribution in [0.1, 0.15) is 28.8 Å². The number of rotatable bonds is 5. The van der Waals surface area contributed by atoms with Gasteiger partial charge in [0, 0.05) is 10.4 Å². The lowest BCUT2D eigenvalue weighted by Crippen LogP contribution is -2.24. The molecular formula is C19H20N4O3S. The van der Waals surface area contributed by atoms with Crippen molar-refractivity contribution in [1.82, 2.24) is 15.4 Å². The molecule has 1 amide bonds. The van der Waals surface area contributed by atoms with Crippen LogP contribution in [0, 0.1) is 13.8 Å². The van der Waals surface area contributed by atoms with Crippen LogP contribution in [0.25, 0.3) is 10.2 Å². The number of carbonyl (C=O) groups excluding carboxylic acids is 1. The number of benzene rings is 1. The van der Waals surface area contributed by atoms with Crippen LogP contribution in [0.4, 0.5) is 0 Å². The van der Waals surface area contributed by atoms with Crippen LogP contribution < -0.4 is 15.7 Å². The summed E-state index contributed by atoms with van der Waals surface area (Å²) in [6, 6.07) is 7.40. The highest BCUT2D eigenvalue weighted by atomic mass is 32.1. The highest BCUT2D eigenvalue weighted by Gasteiger charge is 2.13. The minimum Gasteiger partial charge on any atom is -0.497 e. The van der Waals surface area contributed by atoms with Crippen LogP contribution in [-0.2, 0) is 11.2 Å². The molecule has 0 saturated heterocycles. The van der Waals surface area contributed by atoms with E-state index in [4.69, 9.17) is 4.74 Å². The van der Waals surface area contributed by atoms with E-state index in [1.54, 1.807) is 14.0 Å². The Balaban J connectivity index is 1.74. The van der Waals surface area contributed by atoms with Crippen molar-refractivity contribution in [1.29, 1.82) is 0 Å². The first kappa shape index (κ1) is 18.8. The normalized spacial score (nSPS) is 11.6. The summed E-state index contributed by atoms with van der Waals surface area (Å²) in [6.07, 6.45) is -0.0595. The second kappa shape index (κ2) is 7.71. The van der Waals surface area contributed by atoms with Crippen molar-refractivity contribution >= 4 is 33.2 Å². The largest absolute Gasteiger partial charge is 0.497 e. The van der Waals surface area contributed by atoms with Gasteiger partial charge in [0.15, 0.2) is 0 Å². The van der Waals surface area contributed by atoms with Crippen molar-refractivity contribution in [3.8, 4) is 5.75 Å². The van der Waals surface area contributed by atoms with Crippen LogP contribution in [0.3, 0.4) is 0 Å². The third kappa shape index (κ3) is 4.06. The van der Waals surface area contributed by atoms with Gasteiger partial charge in [-0.15, -0.1) is 11.3 Å². The molecule has 8 heteroatoms. The Labute approximate surface area is 160 Å². The molecular weight excluding hydrogens is 364 g/mol. The van der Waals surface area contributed by atoms with Gasteiger partial charge in [-0.05, 0) is 38.5 Å². The van der Waals surface area contributed by atoms with Gasteiger partial charge in [0.05, 0.1) is 24.6 Å². The summed E-state index contributed by atoms with van der Waals surface area (Å²) in [7, 11) is 1.59. The lowest BCUT2D eigenvalue weighted by Gasteiger charge is -2.05. The molecule has 3 rings (SSSR count). The molecule has 0 fully saturated rings. The van der Waals surface area contributed by atoms with Gasteiger partial charge in [0.1, 0.15) is 16.4 Å². The smallest absolute Gasteiger partial charge is 0.259 e. The van der Waals surface area contributed by atoms with Crippen molar-refractivity contribution < 1.29 is 9.53 Å². The average Bonchev–Trinajstić information content (AvgIpc) is 2.94. The Morgan fingerprint density at radius 2 is 2.15 bits per heavy atom. The van der Waals surface area contributed by atoms with Crippen LogP contribution in [0.15, 0.2) is 34.2 Å². The first-order valence-corrected chi connectivity index (χ1v) is 9.17. The van der Waals surface area contributed by atoms with Crippen molar-refractivity contribution in [3.63, 3.8) is 0 Å². The van der Waals surface area contributed by atoms with Gasteiger partial charge in [-0.1, -0.05) is 12.1 Å². The van der Waals surface area contributed by atoms with E-state index >= 15 is 0 Å². The number of aromatic nitrogens is 2. The second-order valence-corrected chi connectivity index (χ2v) is 7.32. The van der Waals surface area contributed by atoms with Crippen LogP contribution in [0.2, 0.25) is 0 Å². The van der Waals surface area contributed by atoms with Gasteiger partial charge in [0.25, 0.3) is 5.56 Å². The third-order valence-electron chi connectivity index (χ3n) is 4.25. The molecule has 0 aliphatic heterocycles. The molecule has 7 nitrogen and oxygen atoms in total. The Bertz CT molecular complexity index is 1100. The average molecular weight is 384 g/mol. The number of hydrogen-bond donors (Lipinski definition) is 2. The molecule has 0 radical (unpaired) electrons. The number of methoxy groups -OCH3 is 1. The monoisotopic (exact) mass is 384 g/mol. The number of hydrazone groups is 1. The molecule has 0 aliphatic rings. The topological polar surface area (TPSA) is 96.4 Å². The zero-order chi connectivity index (χ0) is 19.6. The molecule has 3 aromatic rings. The van der Waals surface area contributed by atoms with E-state index in [-0.39, 0.29) is 17.9 Å². The van der Waals surface area contributed by atoms with E-state index in [0.29, 0.717) is 27.5 Å². The minimum absolute atomic E-state index is 0.0595. The maximum atomic E-state index is 12.3. The SMILES string of the molecule is COc1cccc(/C(C)=N/NC(=O)Cc2nc3sc(C)c(C)c3c(=O)[nH]2)c1. The summed E-state index contributed by atoms with van der Waals surface area (Å²) >= 11 is 1.45. The zero-order valence-electron chi connectivity index (χ0n) is 15.5. The number of fused-ring (bicyclic) bond motifs is 1. The number of hydrogen-bond acceptors (Lipinski definition) is 6. The molecule has 27 heavy (non-hydrogen) atoms. The minimum atomic E-state index is -0.357. The molecule has 1 aromatic carbocycles. The molecule has 0 saturated carbocycles. The standard InChI is InChI=1S/C19H20N4O3S/c1-10-12(3)27-19-17(10)18(25)20-15(21-19)9-16(24)23-22-11(2)13-6-5-7-14(8-13)26-4/h5-8H,9H2,1-4H3,(H,23,24)(H,20,21,25)/b22-11+. The van der Waals surface area contributed by atoms with Crippen LogP contribution >= 0.6 is 11.3 Å². The molecule has 0 unspecified atom stereocenters. The van der Waals surface area contributed by atoms with E-state index in [0.717, 1.165) is 16.0 Å². The number of nitrogens with one attached hydrogen (secondary N) is 2. The van der Waals surface area contributed by atoms with Crippen LogP contribution in [-0.4, -0.2) is 28.7 Å². The quantitative estimate of drug-likeness (QED) is 0.522. The van der Waals surface area contributed by atoms with Gasteiger partial charge >= 0.3 is 0 Å². The number of H-pyrrole nitrogens is 1. The Hall–Kier alpha value is -3.00. The molecule has 0 spiro atoms. The summed E-state index contributed by atoms with van der Waals surface area (Å²) < 4.78 is 5.18. The summed E-state index contributed by atoms with van der Waals surface area (Å²) in [4.78, 5) is 33.2. The molecule has 0 atom stereocenters. The molecule has 140 valence electrons. The van der Waals surface area contributed by atoms with Gasteiger partial charge < -0.3 is 9.72 Å². The van der Waals surface area contributed by atoms with E-state index in [1.807, 2.05) is 38.1 Å². The van der Waals surface area contributed by atoms with Gasteiger partial charge in [0.2, 0.25) is 5.91 Å². The number of carbonyl (C=O) groups is 1. The van der Waals surface area contributed by atoms with Crippen molar-refractivity contribution in [2.75, 3.05) is 7.11 Å². The summed E-state index contributed by atoms with van der Waals surface area (Å²) in [5, 5.41) is 4.70. The summed E-state index contributed by atoms with van der Waals surface area (Å²) in [6.45, 7) is 5.63. The number of aryl methyl sites for hydroxylation is 2. The number of amides is 1. The molecule has 2 aromatic heterocycles. The first-order chi connectivity index (χ1) is 12.9. The highest BCUT2D eigenvalue weighted by Crippen LogP contribution is 2.25. The lowest BCUT2D eigenvalue weighted by molar-refractivity contribution is -0.120. The lowest BCUT2D eigenvalue weighted by atomic mass is 10.1. The predicted octanol–water partition coefficient (Wildman–Crippen LogP) is 2.69. The number of aromatic amines is 1. The third-order valence-corrected chi connectivity index (χ3v) is 5.35. The maximum absolute atomic E-state index is 12.3. The number of ether oxygens (including phenoxy) is 1. The van der Waals surface area contributed by atoms with Crippen molar-refractivity contribution in [2.24, 2.45) is 5.10 Å². The summed E-state index contributed by atoms with van der Waals surface area (Å²) in [5.74, 6) is 0.676. The van der Waals surface area contributed by atoms with Crippen LogP contribution in [0.5, 0.6) is 5.75 Å². The maximum Gasteiger partial charge on any atom is 0.259 e. The fraction of sp³-hybridized carbons (Fsp3) is 0.263. The Morgan fingerprint density at radius 1 is 1.37 bits per heavy atom. The summed E-state index contributed by atoms with van der Waals surface area (Å²) in [5.41, 5.74) is 4.69. The second-order valence-electron chi connectivity index (χ2n) is 6.12. The molecule has 2 N–H and O–H groups in total. The molecule has 2 heterocycles. The van der Waals surface area contributed by atoms with Crippen molar-refractivity contribution in [3.05, 3.63) is 56.4 Å².